The molecule has 2 N–H and O–H groups in total. The van der Waals surface area contributed by atoms with Crippen molar-refractivity contribution in [3.8, 4) is 0 Å². The monoisotopic (exact) mass is 332 g/mol. The van der Waals surface area contributed by atoms with Crippen LogP contribution in [0.2, 0.25) is 0 Å². The molecule has 102 valence electrons. The first-order chi connectivity index (χ1) is 8.68. The van der Waals surface area contributed by atoms with Crippen LogP contribution in [0, 0.1) is 0 Å². The van der Waals surface area contributed by atoms with Gasteiger partial charge in [-0.2, -0.15) is 11.8 Å². The molecule has 0 unspecified atom stereocenters. The van der Waals surface area contributed by atoms with Crippen LogP contribution in [0.5, 0.6) is 0 Å². The average molecular weight is 333 g/mol. The topological polar surface area (TPSA) is 40.5 Å². The van der Waals surface area contributed by atoms with Crippen molar-refractivity contribution in [2.45, 2.75) is 25.2 Å². The molecule has 1 aromatic carbocycles. The van der Waals surface area contributed by atoms with Gasteiger partial charge in [0.15, 0.2) is 0 Å². The Morgan fingerprint density at radius 2 is 1.78 bits per heavy atom. The summed E-state index contributed by atoms with van der Waals surface area (Å²) in [6.07, 6.45) is 1.82. The molecule has 0 spiro atoms. The summed E-state index contributed by atoms with van der Waals surface area (Å²) in [7, 11) is 0. The van der Waals surface area contributed by atoms with Crippen LogP contribution in [0.15, 0.2) is 28.7 Å². The summed E-state index contributed by atoms with van der Waals surface area (Å²) >= 11 is 5.30. The zero-order chi connectivity index (χ0) is 13.4. The Kier molecular flexibility index (Phi) is 7.30. The van der Waals surface area contributed by atoms with E-state index in [-0.39, 0.29) is 13.2 Å². The second kappa shape index (κ2) is 8.20. The van der Waals surface area contributed by atoms with Gasteiger partial charge in [-0.1, -0.05) is 35.0 Å². The third-order valence-electron chi connectivity index (χ3n) is 3.21. The van der Waals surface area contributed by atoms with Gasteiger partial charge in [0, 0.05) is 9.89 Å². The third-order valence-corrected chi connectivity index (χ3v) is 4.72. The largest absolute Gasteiger partial charge is 0.395 e. The highest BCUT2D eigenvalue weighted by Gasteiger charge is 2.30. The molecule has 0 aromatic heterocycles. The summed E-state index contributed by atoms with van der Waals surface area (Å²) in [5, 5.41) is 19.4. The van der Waals surface area contributed by atoms with Gasteiger partial charge in [0.2, 0.25) is 0 Å². The van der Waals surface area contributed by atoms with Crippen molar-refractivity contribution in [1.29, 1.82) is 0 Å². The number of aliphatic hydroxyl groups is 2. The van der Waals surface area contributed by atoms with Gasteiger partial charge in [0.25, 0.3) is 0 Å². The van der Waals surface area contributed by atoms with Crippen molar-refractivity contribution in [2.24, 2.45) is 0 Å². The lowest BCUT2D eigenvalue weighted by atomic mass is 9.78. The number of rotatable bonds is 8. The molecule has 2 nitrogen and oxygen atoms in total. The van der Waals surface area contributed by atoms with Gasteiger partial charge in [0.05, 0.1) is 13.2 Å². The molecule has 0 bridgehead atoms. The van der Waals surface area contributed by atoms with Crippen LogP contribution in [0.3, 0.4) is 0 Å². The molecule has 0 fully saturated rings. The van der Waals surface area contributed by atoms with Crippen molar-refractivity contribution in [3.63, 3.8) is 0 Å². The summed E-state index contributed by atoms with van der Waals surface area (Å²) < 4.78 is 1.01. The van der Waals surface area contributed by atoms with Crippen molar-refractivity contribution >= 4 is 27.7 Å². The van der Waals surface area contributed by atoms with E-state index in [0.29, 0.717) is 0 Å². The van der Waals surface area contributed by atoms with Crippen LogP contribution in [0.4, 0.5) is 0 Å². The maximum absolute atomic E-state index is 9.68. The van der Waals surface area contributed by atoms with E-state index in [9.17, 15) is 10.2 Å². The molecule has 1 rings (SSSR count). The van der Waals surface area contributed by atoms with Crippen LogP contribution in [0.25, 0.3) is 0 Å². The molecule has 4 heteroatoms. The summed E-state index contributed by atoms with van der Waals surface area (Å²) in [5.74, 6) is 2.19. The number of halogens is 1. The molecule has 0 saturated carbocycles. The van der Waals surface area contributed by atoms with E-state index >= 15 is 0 Å². The number of benzene rings is 1. The average Bonchev–Trinajstić information content (AvgIpc) is 2.41. The Hall–Kier alpha value is -0.0300. The summed E-state index contributed by atoms with van der Waals surface area (Å²) in [6.45, 7) is 2.12. The summed E-state index contributed by atoms with van der Waals surface area (Å²) in [4.78, 5) is 0. The predicted octanol–water partition coefficient (Wildman–Crippen LogP) is 3.20. The van der Waals surface area contributed by atoms with Gasteiger partial charge in [-0.25, -0.2) is 0 Å². The predicted molar refractivity (Wildman–Crippen MR) is 82.2 cm³/mol. The summed E-state index contributed by atoms with van der Waals surface area (Å²) in [5.41, 5.74) is 0.506. The van der Waals surface area contributed by atoms with E-state index in [1.54, 1.807) is 0 Å². The van der Waals surface area contributed by atoms with E-state index in [0.717, 1.165) is 34.4 Å². The first-order valence-corrected chi connectivity index (χ1v) is 8.19. The van der Waals surface area contributed by atoms with Crippen LogP contribution in [0.1, 0.15) is 25.3 Å². The van der Waals surface area contributed by atoms with Gasteiger partial charge < -0.3 is 10.2 Å². The molecular formula is C14H21BrO2S. The molecule has 0 atom stereocenters. The van der Waals surface area contributed by atoms with Crippen LogP contribution in [-0.2, 0) is 5.41 Å². The zero-order valence-corrected chi connectivity index (χ0v) is 13.1. The van der Waals surface area contributed by atoms with Gasteiger partial charge in [0.1, 0.15) is 0 Å². The number of aliphatic hydroxyl groups excluding tert-OH is 2. The molecule has 0 amide bonds. The van der Waals surface area contributed by atoms with Crippen LogP contribution >= 0.6 is 27.7 Å². The van der Waals surface area contributed by atoms with E-state index in [1.165, 1.54) is 0 Å². The zero-order valence-electron chi connectivity index (χ0n) is 10.7. The van der Waals surface area contributed by atoms with Crippen LogP contribution in [-0.4, -0.2) is 34.9 Å². The second-order valence-electron chi connectivity index (χ2n) is 4.40. The first kappa shape index (κ1) is 16.0. The molecule has 1 aromatic rings. The highest BCUT2D eigenvalue weighted by Crippen LogP contribution is 2.30. The lowest BCUT2D eigenvalue weighted by Gasteiger charge is -2.30. The molecule has 0 saturated heterocycles. The number of thioether (sulfide) groups is 1. The molecule has 0 radical (unpaired) electrons. The Labute approximate surface area is 122 Å². The first-order valence-electron chi connectivity index (χ1n) is 6.24. The van der Waals surface area contributed by atoms with Crippen molar-refractivity contribution in [3.05, 3.63) is 34.3 Å². The fraction of sp³-hybridized carbons (Fsp3) is 0.571. The highest BCUT2D eigenvalue weighted by atomic mass is 79.9. The Balaban J connectivity index is 2.75. The SMILES string of the molecule is CCSCCCC(CO)(CO)c1ccc(Br)cc1. The van der Waals surface area contributed by atoms with Gasteiger partial charge >= 0.3 is 0 Å². The second-order valence-corrected chi connectivity index (χ2v) is 6.71. The van der Waals surface area contributed by atoms with E-state index < -0.39 is 5.41 Å². The van der Waals surface area contributed by atoms with Crippen molar-refractivity contribution < 1.29 is 10.2 Å². The molecule has 0 aliphatic carbocycles. The molecule has 0 aliphatic heterocycles. The fourth-order valence-corrected chi connectivity index (χ4v) is 2.90. The Morgan fingerprint density at radius 1 is 1.17 bits per heavy atom. The smallest absolute Gasteiger partial charge is 0.0550 e. The van der Waals surface area contributed by atoms with E-state index in [2.05, 4.69) is 22.9 Å². The lowest BCUT2D eigenvalue weighted by molar-refractivity contribution is 0.109. The lowest BCUT2D eigenvalue weighted by Crippen LogP contribution is -2.35. The van der Waals surface area contributed by atoms with Crippen molar-refractivity contribution in [2.75, 3.05) is 24.7 Å². The van der Waals surface area contributed by atoms with Gasteiger partial charge in [-0.3, -0.25) is 0 Å². The maximum Gasteiger partial charge on any atom is 0.0550 e. The van der Waals surface area contributed by atoms with E-state index in [1.807, 2.05) is 36.0 Å². The van der Waals surface area contributed by atoms with Gasteiger partial charge in [-0.15, -0.1) is 0 Å². The summed E-state index contributed by atoms with van der Waals surface area (Å²) in [6, 6.07) is 7.86. The standard InChI is InChI=1S/C14H21BrO2S/c1-2-18-9-3-8-14(10-16,11-17)12-4-6-13(15)7-5-12/h4-7,16-17H,2-3,8-11H2,1H3. The number of hydrogen-bond donors (Lipinski definition) is 2. The Morgan fingerprint density at radius 3 is 2.28 bits per heavy atom. The minimum atomic E-state index is -0.505. The minimum Gasteiger partial charge on any atom is -0.395 e. The Bertz CT molecular complexity index is 336. The fourth-order valence-electron chi connectivity index (χ4n) is 2.00. The quantitative estimate of drug-likeness (QED) is 0.718. The molecule has 18 heavy (non-hydrogen) atoms. The minimum absolute atomic E-state index is 0.0120. The highest BCUT2D eigenvalue weighted by molar-refractivity contribution is 9.10. The molecular weight excluding hydrogens is 312 g/mol. The van der Waals surface area contributed by atoms with E-state index in [4.69, 9.17) is 0 Å². The third kappa shape index (κ3) is 4.26. The van der Waals surface area contributed by atoms with Crippen molar-refractivity contribution in [1.82, 2.24) is 0 Å². The maximum atomic E-state index is 9.68. The van der Waals surface area contributed by atoms with Crippen LogP contribution < -0.4 is 0 Å². The number of hydrogen-bond acceptors (Lipinski definition) is 3. The molecule has 0 heterocycles. The normalized spacial score (nSPS) is 11.8. The molecule has 0 aliphatic rings. The van der Waals surface area contributed by atoms with Gasteiger partial charge in [-0.05, 0) is 42.0 Å².